The van der Waals surface area contributed by atoms with Gasteiger partial charge in [0.05, 0.1) is 17.0 Å². The summed E-state index contributed by atoms with van der Waals surface area (Å²) < 4.78 is 6.61. The van der Waals surface area contributed by atoms with Crippen LogP contribution in [-0.4, -0.2) is 11.0 Å². The van der Waals surface area contributed by atoms with Crippen LogP contribution < -0.4 is 10.1 Å². The van der Waals surface area contributed by atoms with Crippen molar-refractivity contribution < 1.29 is 4.74 Å². The summed E-state index contributed by atoms with van der Waals surface area (Å²) in [5, 5.41) is 4.74. The van der Waals surface area contributed by atoms with Gasteiger partial charge >= 0.3 is 0 Å². The zero-order valence-electron chi connectivity index (χ0n) is 24.9. The van der Waals surface area contributed by atoms with E-state index in [0.29, 0.717) is 0 Å². The molecule has 4 aliphatic rings. The predicted octanol–water partition coefficient (Wildman–Crippen LogP) is 9.74. The molecule has 2 aliphatic carbocycles. The average Bonchev–Trinajstić information content (AvgIpc) is 3.40. The number of allylic oxidation sites excluding steroid dienone is 4. The number of hydrogen-bond donors (Lipinski definition) is 1. The highest BCUT2D eigenvalue weighted by atomic mass is 16.5. The second-order valence-electron chi connectivity index (χ2n) is 12.4. The third-order valence-electron chi connectivity index (χ3n) is 10.00. The van der Waals surface area contributed by atoms with Crippen LogP contribution >= 0.6 is 0 Å². The summed E-state index contributed by atoms with van der Waals surface area (Å²) in [6, 6.07) is 41.8. The van der Waals surface area contributed by atoms with E-state index < -0.39 is 5.41 Å². The molecule has 1 unspecified atom stereocenters. The number of aromatic nitrogens is 1. The molecular weight excluding hydrogens is 560 g/mol. The summed E-state index contributed by atoms with van der Waals surface area (Å²) in [4.78, 5) is 4.81. The van der Waals surface area contributed by atoms with Gasteiger partial charge in [-0.25, -0.2) is 0 Å². The molecule has 216 valence electrons. The van der Waals surface area contributed by atoms with E-state index in [1.165, 1.54) is 39.0 Å². The van der Waals surface area contributed by atoms with Gasteiger partial charge in [0.1, 0.15) is 11.5 Å². The van der Waals surface area contributed by atoms with E-state index in [0.717, 1.165) is 44.7 Å². The molecule has 1 atom stereocenters. The van der Waals surface area contributed by atoms with Gasteiger partial charge in [-0.2, -0.15) is 0 Å². The normalized spacial score (nSPS) is 17.5. The fourth-order valence-electron chi connectivity index (χ4n) is 7.90. The maximum Gasteiger partial charge on any atom is 0.132 e. The first-order valence-electron chi connectivity index (χ1n) is 15.8. The quantitative estimate of drug-likeness (QED) is 0.218. The zero-order valence-corrected chi connectivity index (χ0v) is 24.9. The molecule has 0 fully saturated rings. The molecule has 1 N–H and O–H groups in total. The molecule has 2 aliphatic heterocycles. The van der Waals surface area contributed by atoms with Crippen LogP contribution in [0.15, 0.2) is 164 Å². The Hall–Kier alpha value is -5.93. The van der Waals surface area contributed by atoms with E-state index in [-0.39, 0.29) is 6.04 Å². The highest BCUT2D eigenvalue weighted by molar-refractivity contribution is 5.93. The van der Waals surface area contributed by atoms with Crippen molar-refractivity contribution in [2.24, 2.45) is 0 Å². The van der Waals surface area contributed by atoms with E-state index in [2.05, 4.69) is 151 Å². The van der Waals surface area contributed by atoms with Crippen molar-refractivity contribution in [3.05, 3.63) is 191 Å². The van der Waals surface area contributed by atoms with Crippen molar-refractivity contribution in [1.29, 1.82) is 0 Å². The van der Waals surface area contributed by atoms with E-state index in [1.807, 2.05) is 12.3 Å². The summed E-state index contributed by atoms with van der Waals surface area (Å²) in [6.45, 7) is 0. The average molecular weight is 589 g/mol. The van der Waals surface area contributed by atoms with E-state index in [9.17, 15) is 0 Å². The highest BCUT2D eigenvalue weighted by Gasteiger charge is 2.51. The molecule has 1 spiro atoms. The molecule has 0 amide bonds. The number of nitrogens with zero attached hydrogens (tertiary/aromatic N) is 1. The molecule has 0 saturated carbocycles. The third-order valence-corrected chi connectivity index (χ3v) is 10.00. The van der Waals surface area contributed by atoms with Gasteiger partial charge in [0.15, 0.2) is 0 Å². The van der Waals surface area contributed by atoms with Crippen molar-refractivity contribution in [2.75, 3.05) is 0 Å². The Kier molecular flexibility index (Phi) is 5.26. The van der Waals surface area contributed by atoms with Crippen LogP contribution in [-0.2, 0) is 5.41 Å². The second kappa shape index (κ2) is 9.53. The Morgan fingerprint density at radius 3 is 2.13 bits per heavy atom. The number of ether oxygens (including phenoxy) is 1. The minimum Gasteiger partial charge on any atom is -0.457 e. The van der Waals surface area contributed by atoms with E-state index in [4.69, 9.17) is 9.72 Å². The summed E-state index contributed by atoms with van der Waals surface area (Å²) >= 11 is 0. The minimum atomic E-state index is -0.557. The Bertz CT molecular complexity index is 2350. The third kappa shape index (κ3) is 3.51. The fraction of sp³-hybridized carbons (Fsp3) is 0.0465. The first kappa shape index (κ1) is 25.4. The first-order valence-corrected chi connectivity index (χ1v) is 15.8. The van der Waals surface area contributed by atoms with Crippen LogP contribution in [0.4, 0.5) is 0 Å². The maximum absolute atomic E-state index is 6.61. The van der Waals surface area contributed by atoms with Crippen LogP contribution in [0.5, 0.6) is 11.5 Å². The predicted molar refractivity (Wildman–Crippen MR) is 186 cm³/mol. The number of hydrogen-bond acceptors (Lipinski definition) is 3. The summed E-state index contributed by atoms with van der Waals surface area (Å²) in [7, 11) is 0. The van der Waals surface area contributed by atoms with Crippen molar-refractivity contribution in [1.82, 2.24) is 10.3 Å². The molecule has 10 rings (SSSR count). The lowest BCUT2D eigenvalue weighted by atomic mass is 9.65. The topological polar surface area (TPSA) is 34.1 Å². The number of nitrogens with one attached hydrogen (secondary N) is 1. The lowest BCUT2D eigenvalue weighted by molar-refractivity contribution is 0.436. The number of rotatable bonds is 2. The highest BCUT2D eigenvalue weighted by Crippen LogP contribution is 2.62. The SMILES string of the molecule is C1=CC2=CC(c3ccc4c(c3)C3(c5ccccc5Oc5ccccc53)c3cc(-c5cnc6ccccc6c5)ccc3-4)=CNC2C=C1. The molecule has 5 aromatic carbocycles. The summed E-state index contributed by atoms with van der Waals surface area (Å²) in [6.07, 6.45) is 15.1. The Morgan fingerprint density at radius 2 is 1.33 bits per heavy atom. The molecule has 3 heteroatoms. The van der Waals surface area contributed by atoms with E-state index in [1.54, 1.807) is 0 Å². The number of para-hydroxylation sites is 3. The first-order chi connectivity index (χ1) is 22.8. The van der Waals surface area contributed by atoms with Gasteiger partial charge in [0.25, 0.3) is 0 Å². The summed E-state index contributed by atoms with van der Waals surface area (Å²) in [5.41, 5.74) is 13.7. The van der Waals surface area contributed by atoms with Gasteiger partial charge in [-0.3, -0.25) is 4.98 Å². The Morgan fingerprint density at radius 1 is 0.630 bits per heavy atom. The smallest absolute Gasteiger partial charge is 0.132 e. The van der Waals surface area contributed by atoms with Crippen LogP contribution in [0.1, 0.15) is 27.8 Å². The monoisotopic (exact) mass is 588 g/mol. The second-order valence-corrected chi connectivity index (χ2v) is 12.4. The fourth-order valence-corrected chi connectivity index (χ4v) is 7.90. The van der Waals surface area contributed by atoms with Crippen LogP contribution in [0.25, 0.3) is 38.7 Å². The summed E-state index contributed by atoms with van der Waals surface area (Å²) in [5.74, 6) is 1.79. The minimum absolute atomic E-state index is 0.219. The Labute approximate surface area is 267 Å². The molecular formula is C43H28N2O. The molecule has 46 heavy (non-hydrogen) atoms. The van der Waals surface area contributed by atoms with E-state index >= 15 is 0 Å². The van der Waals surface area contributed by atoms with Crippen molar-refractivity contribution in [3.8, 4) is 33.8 Å². The standard InChI is InChI=1S/C43H28N2O/c1-5-13-39-29(9-1)21-31(25-44-39)27-17-19-33-34-20-18-28(32-22-30-10-2-6-14-40(30)45-26-32)24-38(34)43(37(33)23-27)35-11-3-7-15-41(35)46-42-16-8-4-12-36(42)43/h1-26,39,44H. The molecule has 0 bridgehead atoms. The molecule has 3 heterocycles. The lowest BCUT2D eigenvalue weighted by Crippen LogP contribution is -2.32. The molecule has 0 radical (unpaired) electrons. The number of fused-ring (bicyclic) bond motifs is 11. The largest absolute Gasteiger partial charge is 0.457 e. The van der Waals surface area contributed by atoms with Crippen molar-refractivity contribution in [2.45, 2.75) is 11.5 Å². The molecule has 0 saturated heterocycles. The van der Waals surface area contributed by atoms with Crippen LogP contribution in [0, 0.1) is 0 Å². The van der Waals surface area contributed by atoms with Crippen LogP contribution in [0.3, 0.4) is 0 Å². The van der Waals surface area contributed by atoms with Crippen molar-refractivity contribution in [3.63, 3.8) is 0 Å². The van der Waals surface area contributed by atoms with Gasteiger partial charge in [0.2, 0.25) is 0 Å². The molecule has 6 aromatic rings. The van der Waals surface area contributed by atoms with Gasteiger partial charge in [0, 0.05) is 34.5 Å². The molecule has 3 nitrogen and oxygen atoms in total. The van der Waals surface area contributed by atoms with Gasteiger partial charge in [-0.1, -0.05) is 103 Å². The van der Waals surface area contributed by atoms with Crippen molar-refractivity contribution >= 4 is 16.5 Å². The van der Waals surface area contributed by atoms with Gasteiger partial charge < -0.3 is 10.1 Å². The number of pyridine rings is 1. The van der Waals surface area contributed by atoms with Gasteiger partial charge in [-0.15, -0.1) is 0 Å². The Balaban J connectivity index is 1.24. The molecule has 1 aromatic heterocycles. The zero-order chi connectivity index (χ0) is 30.2. The maximum atomic E-state index is 6.61. The lowest BCUT2D eigenvalue weighted by Gasteiger charge is -2.39. The number of dihydropyridines is 1. The number of benzene rings is 5. The van der Waals surface area contributed by atoms with Gasteiger partial charge in [-0.05, 0) is 87.0 Å². The van der Waals surface area contributed by atoms with Crippen LogP contribution in [0.2, 0.25) is 0 Å².